The SMILES string of the molecule is Cc1ccc2c(c1)c1cc3c(cc1n2-c1ccccc1)C1(c2ccccc2-c2ccc(-c4nc(-c5ccccc5)nc(-c5ccccc5)n4)cc21)c1ccccc1-3. The zero-order valence-corrected chi connectivity index (χ0v) is 31.2. The number of hydrogen-bond acceptors (Lipinski definition) is 3. The van der Waals surface area contributed by atoms with Gasteiger partial charge in [-0.1, -0.05) is 151 Å². The highest BCUT2D eigenvalue weighted by molar-refractivity contribution is 6.12. The van der Waals surface area contributed by atoms with E-state index in [9.17, 15) is 0 Å². The molecule has 1 atom stereocenters. The molecule has 2 heterocycles. The second-order valence-corrected chi connectivity index (χ2v) is 15.2. The van der Waals surface area contributed by atoms with Gasteiger partial charge < -0.3 is 4.57 Å². The minimum absolute atomic E-state index is 0.562. The molecule has 0 radical (unpaired) electrons. The Bertz CT molecular complexity index is 3180. The molecule has 4 heteroatoms. The third-order valence-corrected chi connectivity index (χ3v) is 12.1. The average Bonchev–Trinajstić information content (AvgIpc) is 3.87. The van der Waals surface area contributed by atoms with Gasteiger partial charge in [-0.2, -0.15) is 0 Å². The van der Waals surface area contributed by atoms with Crippen molar-refractivity contribution in [1.29, 1.82) is 0 Å². The van der Waals surface area contributed by atoms with Crippen LogP contribution in [0, 0.1) is 6.92 Å². The molecule has 0 fully saturated rings. The first kappa shape index (κ1) is 31.9. The lowest BCUT2D eigenvalue weighted by molar-refractivity contribution is 0.794. The Hall–Kier alpha value is -7.43. The Morgan fingerprint density at radius 1 is 0.368 bits per heavy atom. The molecule has 0 amide bonds. The summed E-state index contributed by atoms with van der Waals surface area (Å²) in [6.07, 6.45) is 0. The molecule has 57 heavy (non-hydrogen) atoms. The Labute approximate surface area is 330 Å². The lowest BCUT2D eigenvalue weighted by atomic mass is 9.70. The zero-order chi connectivity index (χ0) is 37.7. The summed E-state index contributed by atoms with van der Waals surface area (Å²) in [6, 6.07) is 67.8. The van der Waals surface area contributed by atoms with Crippen LogP contribution in [0.4, 0.5) is 0 Å². The number of fused-ring (bicyclic) bond motifs is 13. The Morgan fingerprint density at radius 3 is 1.53 bits per heavy atom. The number of para-hydroxylation sites is 1. The highest BCUT2D eigenvalue weighted by atomic mass is 15.0. The quantitative estimate of drug-likeness (QED) is 0.181. The normalized spacial score (nSPS) is 14.8. The van der Waals surface area contributed by atoms with Crippen LogP contribution in [-0.2, 0) is 5.41 Å². The fraction of sp³-hybridized carbons (Fsp3) is 0.0377. The molecule has 0 saturated carbocycles. The maximum Gasteiger partial charge on any atom is 0.164 e. The fourth-order valence-electron chi connectivity index (χ4n) is 9.69. The average molecular weight is 727 g/mol. The van der Waals surface area contributed by atoms with E-state index < -0.39 is 5.41 Å². The number of hydrogen-bond donors (Lipinski definition) is 0. The molecule has 2 aliphatic rings. The van der Waals surface area contributed by atoms with Crippen LogP contribution in [0.1, 0.15) is 27.8 Å². The molecule has 2 aromatic heterocycles. The molecule has 1 spiro atoms. The lowest BCUT2D eigenvalue weighted by Crippen LogP contribution is -2.26. The molecule has 2 aliphatic carbocycles. The van der Waals surface area contributed by atoms with Gasteiger partial charge in [0.1, 0.15) is 0 Å². The van der Waals surface area contributed by atoms with E-state index in [2.05, 4.69) is 163 Å². The van der Waals surface area contributed by atoms with Gasteiger partial charge in [-0.3, -0.25) is 0 Å². The van der Waals surface area contributed by atoms with Crippen molar-refractivity contribution in [3.63, 3.8) is 0 Å². The maximum atomic E-state index is 5.17. The number of rotatable bonds is 4. The van der Waals surface area contributed by atoms with E-state index in [1.54, 1.807) is 0 Å². The summed E-state index contributed by atoms with van der Waals surface area (Å²) in [6.45, 7) is 2.19. The molecule has 0 saturated heterocycles. The van der Waals surface area contributed by atoms with Crippen LogP contribution < -0.4 is 0 Å². The van der Waals surface area contributed by atoms with Crippen molar-refractivity contribution >= 4 is 21.8 Å². The first-order chi connectivity index (χ1) is 28.2. The Kier molecular flexibility index (Phi) is 6.73. The standard InChI is InChI=1S/C53H34N4/c1-33-25-28-48-42(29-33)43-31-41-39-22-12-14-24-45(39)53(47(41)32-49(43)57(48)37-19-9-4-10-20-37)44-23-13-11-21-38(44)40-27-26-36(30-46(40)53)52-55-50(34-15-5-2-6-16-34)54-51(56-52)35-17-7-3-8-18-35/h2-32H,1H3. The van der Waals surface area contributed by atoms with Gasteiger partial charge in [0.25, 0.3) is 0 Å². The van der Waals surface area contributed by atoms with Crippen LogP contribution in [0.2, 0.25) is 0 Å². The minimum Gasteiger partial charge on any atom is -0.309 e. The third kappa shape index (κ3) is 4.53. The summed E-state index contributed by atoms with van der Waals surface area (Å²) in [5.74, 6) is 1.96. The zero-order valence-electron chi connectivity index (χ0n) is 31.2. The van der Waals surface area contributed by atoms with Crippen molar-refractivity contribution < 1.29 is 0 Å². The summed E-state index contributed by atoms with van der Waals surface area (Å²) >= 11 is 0. The van der Waals surface area contributed by atoms with Crippen molar-refractivity contribution in [2.75, 3.05) is 0 Å². The largest absolute Gasteiger partial charge is 0.309 e. The molecule has 10 aromatic rings. The van der Waals surface area contributed by atoms with E-state index in [-0.39, 0.29) is 0 Å². The van der Waals surface area contributed by atoms with E-state index in [4.69, 9.17) is 15.0 Å². The molecule has 266 valence electrons. The van der Waals surface area contributed by atoms with Crippen molar-refractivity contribution in [1.82, 2.24) is 19.5 Å². The lowest BCUT2D eigenvalue weighted by Gasteiger charge is -2.31. The molecule has 4 nitrogen and oxygen atoms in total. The van der Waals surface area contributed by atoms with E-state index in [0.29, 0.717) is 17.5 Å². The van der Waals surface area contributed by atoms with Gasteiger partial charge in [0, 0.05) is 33.2 Å². The smallest absolute Gasteiger partial charge is 0.164 e. The van der Waals surface area contributed by atoms with E-state index >= 15 is 0 Å². The van der Waals surface area contributed by atoms with Gasteiger partial charge in [-0.15, -0.1) is 0 Å². The van der Waals surface area contributed by atoms with Crippen molar-refractivity contribution in [2.45, 2.75) is 12.3 Å². The summed E-state index contributed by atoms with van der Waals surface area (Å²) in [7, 11) is 0. The molecule has 0 bridgehead atoms. The summed E-state index contributed by atoms with van der Waals surface area (Å²) in [5, 5.41) is 2.53. The summed E-state index contributed by atoms with van der Waals surface area (Å²) < 4.78 is 2.44. The molecular formula is C53H34N4. The second kappa shape index (κ2) is 12.0. The van der Waals surface area contributed by atoms with Gasteiger partial charge in [0.15, 0.2) is 17.5 Å². The van der Waals surface area contributed by atoms with Crippen LogP contribution >= 0.6 is 0 Å². The predicted octanol–water partition coefficient (Wildman–Crippen LogP) is 12.6. The number of benzene rings is 8. The number of aryl methyl sites for hydroxylation is 1. The van der Waals surface area contributed by atoms with Gasteiger partial charge in [-0.25, -0.2) is 15.0 Å². The van der Waals surface area contributed by atoms with Crippen molar-refractivity contribution in [3.05, 3.63) is 216 Å². The Balaban J connectivity index is 1.16. The van der Waals surface area contributed by atoms with Gasteiger partial charge in [-0.05, 0) is 93.9 Å². The summed E-state index contributed by atoms with van der Waals surface area (Å²) in [5.41, 5.74) is 17.3. The van der Waals surface area contributed by atoms with E-state index in [1.807, 2.05) is 36.4 Å². The first-order valence-electron chi connectivity index (χ1n) is 19.5. The molecule has 12 rings (SSSR count). The number of nitrogens with zero attached hydrogens (tertiary/aromatic N) is 4. The summed E-state index contributed by atoms with van der Waals surface area (Å²) in [4.78, 5) is 15.3. The highest BCUT2D eigenvalue weighted by Gasteiger charge is 2.52. The van der Waals surface area contributed by atoms with Crippen LogP contribution in [-0.4, -0.2) is 19.5 Å². The molecular weight excluding hydrogens is 693 g/mol. The predicted molar refractivity (Wildman–Crippen MR) is 232 cm³/mol. The van der Waals surface area contributed by atoms with Crippen molar-refractivity contribution in [2.24, 2.45) is 0 Å². The maximum absolute atomic E-state index is 5.17. The van der Waals surface area contributed by atoms with Crippen LogP contribution in [0.15, 0.2) is 188 Å². The fourth-order valence-corrected chi connectivity index (χ4v) is 9.69. The first-order valence-corrected chi connectivity index (χ1v) is 19.5. The van der Waals surface area contributed by atoms with E-state index in [1.165, 1.54) is 71.9 Å². The minimum atomic E-state index is -0.562. The molecule has 8 aromatic carbocycles. The van der Waals surface area contributed by atoms with Crippen LogP contribution in [0.5, 0.6) is 0 Å². The highest BCUT2D eigenvalue weighted by Crippen LogP contribution is 2.63. The topological polar surface area (TPSA) is 43.6 Å². The third-order valence-electron chi connectivity index (χ3n) is 12.1. The van der Waals surface area contributed by atoms with Crippen molar-refractivity contribution in [3.8, 4) is 62.1 Å². The molecule has 0 aliphatic heterocycles. The Morgan fingerprint density at radius 2 is 0.877 bits per heavy atom. The van der Waals surface area contributed by atoms with Crippen LogP contribution in [0.3, 0.4) is 0 Å². The monoisotopic (exact) mass is 726 g/mol. The molecule has 1 unspecified atom stereocenters. The van der Waals surface area contributed by atoms with Gasteiger partial charge in [0.05, 0.1) is 16.4 Å². The number of aromatic nitrogens is 4. The van der Waals surface area contributed by atoms with Crippen LogP contribution in [0.25, 0.3) is 83.9 Å². The second-order valence-electron chi connectivity index (χ2n) is 15.2. The molecule has 0 N–H and O–H groups in total. The van der Waals surface area contributed by atoms with Gasteiger partial charge in [0.2, 0.25) is 0 Å². The van der Waals surface area contributed by atoms with E-state index in [0.717, 1.165) is 22.4 Å². The van der Waals surface area contributed by atoms with Gasteiger partial charge >= 0.3 is 0 Å².